The summed E-state index contributed by atoms with van der Waals surface area (Å²) in [5.41, 5.74) is 0.547. The standard InChI is InChI=1S/C22H31NO/c1-23-8-7-22(24,19-5-3-2-4-6-19)20(14-23)21-17-10-15-9-16(12-17)13-18(21)11-15/h2-6,15-18,20-21,24H,7-14H2,1H3. The number of hydrogen-bond acceptors (Lipinski definition) is 2. The monoisotopic (exact) mass is 325 g/mol. The predicted molar refractivity (Wildman–Crippen MR) is 96.5 cm³/mol. The molecule has 0 spiro atoms. The zero-order valence-electron chi connectivity index (χ0n) is 14.9. The third kappa shape index (κ3) is 2.29. The molecule has 0 radical (unpaired) electrons. The number of benzene rings is 1. The van der Waals surface area contributed by atoms with Gasteiger partial charge in [0.2, 0.25) is 0 Å². The summed E-state index contributed by atoms with van der Waals surface area (Å²) in [7, 11) is 2.24. The fraction of sp³-hybridized carbons (Fsp3) is 0.727. The van der Waals surface area contributed by atoms with Gasteiger partial charge < -0.3 is 10.0 Å². The number of likely N-dealkylation sites (tertiary alicyclic amines) is 1. The van der Waals surface area contributed by atoms with Gasteiger partial charge in [-0.15, -0.1) is 0 Å². The van der Waals surface area contributed by atoms with Gasteiger partial charge >= 0.3 is 0 Å². The van der Waals surface area contributed by atoms with Gasteiger partial charge in [0.1, 0.15) is 0 Å². The van der Waals surface area contributed by atoms with E-state index in [2.05, 4.69) is 42.3 Å². The highest BCUT2D eigenvalue weighted by molar-refractivity contribution is 5.25. The number of aliphatic hydroxyl groups is 1. The van der Waals surface area contributed by atoms with E-state index in [0.717, 1.165) is 54.7 Å². The fourth-order valence-electron chi connectivity index (χ4n) is 7.27. The molecule has 4 bridgehead atoms. The summed E-state index contributed by atoms with van der Waals surface area (Å²) in [5, 5.41) is 11.9. The largest absolute Gasteiger partial charge is 0.385 e. The quantitative estimate of drug-likeness (QED) is 0.891. The molecule has 4 saturated carbocycles. The van der Waals surface area contributed by atoms with Crippen LogP contribution in [0.2, 0.25) is 0 Å². The van der Waals surface area contributed by atoms with E-state index in [1.165, 1.54) is 32.1 Å². The average molecular weight is 325 g/mol. The smallest absolute Gasteiger partial charge is 0.0951 e. The number of piperidine rings is 1. The van der Waals surface area contributed by atoms with Crippen molar-refractivity contribution in [1.29, 1.82) is 0 Å². The minimum absolute atomic E-state index is 0.411. The average Bonchev–Trinajstić information content (AvgIpc) is 2.58. The van der Waals surface area contributed by atoms with Crippen molar-refractivity contribution in [2.45, 2.75) is 44.1 Å². The molecule has 1 aliphatic heterocycles. The van der Waals surface area contributed by atoms with Crippen LogP contribution in [0.25, 0.3) is 0 Å². The maximum atomic E-state index is 11.9. The topological polar surface area (TPSA) is 23.5 Å². The first kappa shape index (κ1) is 15.4. The molecule has 2 nitrogen and oxygen atoms in total. The molecule has 4 aliphatic carbocycles. The van der Waals surface area contributed by atoms with Crippen molar-refractivity contribution in [3.8, 4) is 0 Å². The molecule has 0 amide bonds. The Morgan fingerprint density at radius 2 is 1.58 bits per heavy atom. The summed E-state index contributed by atoms with van der Waals surface area (Å²) in [5.74, 6) is 4.94. The van der Waals surface area contributed by atoms with E-state index >= 15 is 0 Å². The summed E-state index contributed by atoms with van der Waals surface area (Å²) in [4.78, 5) is 2.47. The van der Waals surface area contributed by atoms with Gasteiger partial charge in [0.15, 0.2) is 0 Å². The number of hydrogen-bond donors (Lipinski definition) is 1. The summed E-state index contributed by atoms with van der Waals surface area (Å²) in [6.07, 6.45) is 8.19. The van der Waals surface area contributed by atoms with Crippen LogP contribution >= 0.6 is 0 Å². The molecule has 1 heterocycles. The minimum atomic E-state index is -0.617. The highest BCUT2D eigenvalue weighted by Gasteiger charge is 2.56. The van der Waals surface area contributed by atoms with Crippen LogP contribution in [0.3, 0.4) is 0 Å². The molecule has 1 saturated heterocycles. The van der Waals surface area contributed by atoms with E-state index < -0.39 is 5.60 Å². The molecule has 2 heteroatoms. The second-order valence-electron chi connectivity index (χ2n) is 9.42. The van der Waals surface area contributed by atoms with Gasteiger partial charge in [-0.3, -0.25) is 0 Å². The zero-order valence-corrected chi connectivity index (χ0v) is 14.9. The van der Waals surface area contributed by atoms with Gasteiger partial charge in [-0.05, 0) is 80.7 Å². The Kier molecular flexibility index (Phi) is 3.58. The van der Waals surface area contributed by atoms with Gasteiger partial charge in [-0.25, -0.2) is 0 Å². The first-order valence-corrected chi connectivity index (χ1v) is 10.1. The summed E-state index contributed by atoms with van der Waals surface area (Å²) in [6.45, 7) is 2.08. The van der Waals surface area contributed by atoms with Crippen LogP contribution in [0.1, 0.15) is 44.1 Å². The molecular formula is C22H31NO. The first-order valence-electron chi connectivity index (χ1n) is 10.1. The molecule has 130 valence electrons. The van der Waals surface area contributed by atoms with E-state index in [4.69, 9.17) is 0 Å². The van der Waals surface area contributed by atoms with E-state index in [9.17, 15) is 5.11 Å². The third-order valence-electron chi connectivity index (χ3n) is 8.03. The molecule has 2 atom stereocenters. The highest BCUT2D eigenvalue weighted by Crippen LogP contribution is 2.61. The Bertz CT molecular complexity index is 571. The van der Waals surface area contributed by atoms with Crippen LogP contribution in [0, 0.1) is 35.5 Å². The Labute approximate surface area is 146 Å². The Morgan fingerprint density at radius 3 is 2.21 bits per heavy atom. The minimum Gasteiger partial charge on any atom is -0.385 e. The van der Waals surface area contributed by atoms with Crippen LogP contribution in [-0.4, -0.2) is 30.1 Å². The highest BCUT2D eigenvalue weighted by atomic mass is 16.3. The SMILES string of the molecule is CN1CCC(O)(c2ccccc2)C(C2C3CC4CC(C3)CC2C4)C1. The van der Waals surface area contributed by atoms with Crippen molar-refractivity contribution >= 4 is 0 Å². The summed E-state index contributed by atoms with van der Waals surface area (Å²) < 4.78 is 0. The second-order valence-corrected chi connectivity index (χ2v) is 9.42. The van der Waals surface area contributed by atoms with Crippen LogP contribution in [0.4, 0.5) is 0 Å². The lowest BCUT2D eigenvalue weighted by molar-refractivity contribution is -0.154. The molecule has 5 aliphatic rings. The Morgan fingerprint density at radius 1 is 0.958 bits per heavy atom. The molecule has 1 aromatic carbocycles. The molecule has 2 unspecified atom stereocenters. The van der Waals surface area contributed by atoms with Crippen molar-refractivity contribution < 1.29 is 5.11 Å². The van der Waals surface area contributed by atoms with Gasteiger partial charge in [0.05, 0.1) is 5.60 Å². The Balaban J connectivity index is 1.52. The van der Waals surface area contributed by atoms with Gasteiger partial charge in [-0.2, -0.15) is 0 Å². The maximum absolute atomic E-state index is 11.9. The van der Waals surface area contributed by atoms with Crippen LogP contribution < -0.4 is 0 Å². The number of rotatable bonds is 2. The van der Waals surface area contributed by atoms with Crippen molar-refractivity contribution in [3.63, 3.8) is 0 Å². The lowest BCUT2D eigenvalue weighted by atomic mass is 9.47. The zero-order chi connectivity index (χ0) is 16.3. The van der Waals surface area contributed by atoms with Crippen molar-refractivity contribution in [2.24, 2.45) is 35.5 Å². The van der Waals surface area contributed by atoms with Gasteiger partial charge in [0.25, 0.3) is 0 Å². The van der Waals surface area contributed by atoms with E-state index in [0.29, 0.717) is 5.92 Å². The van der Waals surface area contributed by atoms with Gasteiger partial charge in [0, 0.05) is 19.0 Å². The number of nitrogens with zero attached hydrogens (tertiary/aromatic N) is 1. The third-order valence-corrected chi connectivity index (χ3v) is 8.03. The molecule has 1 N–H and O–H groups in total. The molecule has 24 heavy (non-hydrogen) atoms. The lowest BCUT2D eigenvalue weighted by Gasteiger charge is -2.60. The first-order chi connectivity index (χ1) is 11.6. The van der Waals surface area contributed by atoms with Crippen molar-refractivity contribution in [2.75, 3.05) is 20.1 Å². The maximum Gasteiger partial charge on any atom is 0.0951 e. The molecular weight excluding hydrogens is 294 g/mol. The second kappa shape index (κ2) is 5.57. The van der Waals surface area contributed by atoms with E-state index in [1.54, 1.807) is 0 Å². The van der Waals surface area contributed by atoms with Crippen LogP contribution in [-0.2, 0) is 5.60 Å². The lowest BCUT2D eigenvalue weighted by Crippen LogP contribution is -2.58. The van der Waals surface area contributed by atoms with E-state index in [-0.39, 0.29) is 0 Å². The molecule has 0 aromatic heterocycles. The van der Waals surface area contributed by atoms with Crippen LogP contribution in [0.15, 0.2) is 30.3 Å². The van der Waals surface area contributed by atoms with Gasteiger partial charge in [-0.1, -0.05) is 30.3 Å². The fourth-order valence-corrected chi connectivity index (χ4v) is 7.27. The van der Waals surface area contributed by atoms with E-state index in [1.807, 2.05) is 0 Å². The predicted octanol–water partition coefficient (Wildman–Crippen LogP) is 3.90. The van der Waals surface area contributed by atoms with Crippen molar-refractivity contribution in [3.05, 3.63) is 35.9 Å². The normalized spacial score (nSPS) is 47.9. The Hall–Kier alpha value is -0.860. The summed E-state index contributed by atoms with van der Waals surface area (Å²) in [6, 6.07) is 10.6. The van der Waals surface area contributed by atoms with Crippen LogP contribution in [0.5, 0.6) is 0 Å². The van der Waals surface area contributed by atoms with Crippen molar-refractivity contribution in [1.82, 2.24) is 4.90 Å². The summed E-state index contributed by atoms with van der Waals surface area (Å²) >= 11 is 0. The molecule has 5 fully saturated rings. The molecule has 1 aromatic rings. The molecule has 6 rings (SSSR count).